The summed E-state index contributed by atoms with van der Waals surface area (Å²) in [5.41, 5.74) is -7.97. The van der Waals surface area contributed by atoms with E-state index in [4.69, 9.17) is 0 Å². The van der Waals surface area contributed by atoms with Crippen LogP contribution in [0.2, 0.25) is 0 Å². The van der Waals surface area contributed by atoms with Crippen molar-refractivity contribution < 1.29 is 54.2 Å². The number of likely N-dealkylation sites (tertiary alicyclic amines) is 1. The minimum atomic E-state index is -4.95. The van der Waals surface area contributed by atoms with Gasteiger partial charge in [0.25, 0.3) is 5.56 Å². The Kier molecular flexibility index (Phi) is 11.6. The summed E-state index contributed by atoms with van der Waals surface area (Å²) in [5.74, 6) is -5.67. The number of carbonyl (C=O) groups excluding carboxylic acids is 1. The molecule has 4 rings (SSSR count). The van der Waals surface area contributed by atoms with Crippen molar-refractivity contribution in [1.82, 2.24) is 14.8 Å². The van der Waals surface area contributed by atoms with Crippen molar-refractivity contribution in [2.75, 3.05) is 19.6 Å². The van der Waals surface area contributed by atoms with Gasteiger partial charge in [-0.15, -0.1) is 0 Å². The maximum atomic E-state index is 16.5. The van der Waals surface area contributed by atoms with E-state index >= 15 is 13.2 Å². The molecule has 2 heterocycles. The fourth-order valence-electron chi connectivity index (χ4n) is 6.46. The van der Waals surface area contributed by atoms with Gasteiger partial charge in [-0.05, 0) is 107 Å². The summed E-state index contributed by atoms with van der Waals surface area (Å²) in [6.45, 7) is 7.29. The highest BCUT2D eigenvalue weighted by Crippen LogP contribution is 2.40. The van der Waals surface area contributed by atoms with E-state index in [2.05, 4.69) is 5.32 Å². The highest BCUT2D eigenvalue weighted by atomic mass is 19.4. The third kappa shape index (κ3) is 9.17. The van der Waals surface area contributed by atoms with Crippen LogP contribution in [0, 0.1) is 32.4 Å². The number of aliphatic carboxylic acids is 1. The lowest BCUT2D eigenvalue weighted by atomic mass is 9.88. The predicted octanol–water partition coefficient (Wildman–Crippen LogP) is 8.02. The third-order valence-electron chi connectivity index (χ3n) is 9.02. The number of carboxylic acid groups (broad SMARTS) is 1. The molecule has 0 bridgehead atoms. The SMILES string of the molecule is Cc1cc(-c2c(C)cc(C(F)(F)F)cc2C)c(F)c(C(CC(=O)O)NC(=O)C(CC(C)(C)F)n2cc(CCN3CCC3)c(C(F)(F)F)cc2=O)c1F. The van der Waals surface area contributed by atoms with Gasteiger partial charge in [-0.2, -0.15) is 26.3 Å². The zero-order valence-corrected chi connectivity index (χ0v) is 29.0. The first-order valence-corrected chi connectivity index (χ1v) is 16.3. The normalized spacial score (nSPS) is 15.3. The van der Waals surface area contributed by atoms with Crippen molar-refractivity contribution in [3.8, 4) is 11.1 Å². The van der Waals surface area contributed by atoms with E-state index in [0.29, 0.717) is 17.7 Å². The summed E-state index contributed by atoms with van der Waals surface area (Å²) < 4.78 is 130. The number of benzene rings is 2. The molecular formula is C36H38F9N3O4. The number of hydrogen-bond donors (Lipinski definition) is 2. The number of aryl methyl sites for hydroxylation is 3. The van der Waals surface area contributed by atoms with Crippen molar-refractivity contribution in [2.45, 2.75) is 90.4 Å². The maximum Gasteiger partial charge on any atom is 0.416 e. The van der Waals surface area contributed by atoms with E-state index in [0.717, 1.165) is 44.7 Å². The van der Waals surface area contributed by atoms with Gasteiger partial charge in [-0.1, -0.05) is 0 Å². The maximum absolute atomic E-state index is 16.5. The van der Waals surface area contributed by atoms with Crippen LogP contribution in [-0.2, 0) is 28.4 Å². The summed E-state index contributed by atoms with van der Waals surface area (Å²) in [5, 5.41) is 11.9. The van der Waals surface area contributed by atoms with Crippen LogP contribution in [0.15, 0.2) is 35.3 Å². The minimum Gasteiger partial charge on any atom is -0.481 e. The van der Waals surface area contributed by atoms with Crippen molar-refractivity contribution in [1.29, 1.82) is 0 Å². The third-order valence-corrected chi connectivity index (χ3v) is 9.02. The first-order valence-electron chi connectivity index (χ1n) is 16.3. The van der Waals surface area contributed by atoms with Gasteiger partial charge in [0.15, 0.2) is 0 Å². The Morgan fingerprint density at radius 2 is 1.48 bits per heavy atom. The molecule has 16 heteroatoms. The largest absolute Gasteiger partial charge is 0.481 e. The Balaban J connectivity index is 1.85. The van der Waals surface area contributed by atoms with Crippen LogP contribution < -0.4 is 10.9 Å². The average molecular weight is 748 g/mol. The van der Waals surface area contributed by atoms with Crippen LogP contribution in [0.4, 0.5) is 39.5 Å². The molecule has 0 spiro atoms. The lowest BCUT2D eigenvalue weighted by Crippen LogP contribution is -2.43. The van der Waals surface area contributed by atoms with Crippen LogP contribution in [0.1, 0.15) is 84.1 Å². The van der Waals surface area contributed by atoms with Gasteiger partial charge in [-0.3, -0.25) is 14.4 Å². The van der Waals surface area contributed by atoms with E-state index < -0.39 is 94.3 Å². The second kappa shape index (κ2) is 15.0. The van der Waals surface area contributed by atoms with Crippen molar-refractivity contribution in [3.63, 3.8) is 0 Å². The summed E-state index contributed by atoms with van der Waals surface area (Å²) in [6.07, 6.45) is -10.2. The molecule has 2 aromatic carbocycles. The first-order chi connectivity index (χ1) is 23.9. The molecule has 3 aromatic rings. The zero-order chi connectivity index (χ0) is 39.1. The molecule has 2 unspecified atom stereocenters. The fraction of sp³-hybridized carbons (Fsp3) is 0.472. The molecule has 284 valence electrons. The number of amides is 1. The summed E-state index contributed by atoms with van der Waals surface area (Å²) in [4.78, 5) is 41.0. The summed E-state index contributed by atoms with van der Waals surface area (Å²) in [7, 11) is 0. The van der Waals surface area contributed by atoms with Gasteiger partial charge in [0.1, 0.15) is 23.3 Å². The van der Waals surface area contributed by atoms with Crippen molar-refractivity contribution in [2.24, 2.45) is 0 Å². The number of rotatable bonds is 12. The molecular weight excluding hydrogens is 709 g/mol. The molecule has 2 atom stereocenters. The van der Waals surface area contributed by atoms with E-state index in [1.54, 1.807) is 0 Å². The molecule has 1 amide bonds. The number of nitrogens with zero attached hydrogens (tertiary/aromatic N) is 2. The van der Waals surface area contributed by atoms with Gasteiger partial charge in [-0.25, -0.2) is 13.2 Å². The van der Waals surface area contributed by atoms with Gasteiger partial charge in [0, 0.05) is 36.4 Å². The monoisotopic (exact) mass is 747 g/mol. The standard InChI is InChI=1S/C36H38F9N3O4/c1-18-11-22(35(40,41)42)12-19(2)29(18)23-13-20(3)31(37)30(32(23)38)25(15-28(50)51)46-33(52)26(16-34(4,5)39)48-17-21(7-10-47-8-6-9-47)24(14-27(48)49)36(43,44)45/h11-14,17,25-26H,6-10,15-16H2,1-5H3,(H,46,52)(H,50,51). The van der Waals surface area contributed by atoms with Gasteiger partial charge < -0.3 is 19.9 Å². The first kappa shape index (κ1) is 40.4. The van der Waals surface area contributed by atoms with Crippen LogP contribution in [0.5, 0.6) is 0 Å². The molecule has 0 aliphatic carbocycles. The van der Waals surface area contributed by atoms with Gasteiger partial charge in [0.2, 0.25) is 5.91 Å². The topological polar surface area (TPSA) is 91.6 Å². The number of carbonyl (C=O) groups is 2. The second-order valence-electron chi connectivity index (χ2n) is 13.8. The van der Waals surface area contributed by atoms with E-state index in [1.807, 2.05) is 4.90 Å². The quantitative estimate of drug-likeness (QED) is 0.183. The molecule has 7 nitrogen and oxygen atoms in total. The van der Waals surface area contributed by atoms with E-state index in [9.17, 15) is 45.8 Å². The molecule has 0 saturated carbocycles. The number of hydrogen-bond acceptors (Lipinski definition) is 4. The zero-order valence-electron chi connectivity index (χ0n) is 29.0. The molecule has 0 radical (unpaired) electrons. The average Bonchev–Trinajstić information content (AvgIpc) is 2.96. The lowest BCUT2D eigenvalue weighted by Gasteiger charge is -2.31. The Morgan fingerprint density at radius 3 is 1.96 bits per heavy atom. The number of aromatic nitrogens is 1. The van der Waals surface area contributed by atoms with Crippen molar-refractivity contribution >= 4 is 11.9 Å². The summed E-state index contributed by atoms with van der Waals surface area (Å²) >= 11 is 0. The Hall–Kier alpha value is -4.34. The molecule has 1 aliphatic rings. The second-order valence-corrected chi connectivity index (χ2v) is 13.8. The Morgan fingerprint density at radius 1 is 0.885 bits per heavy atom. The highest BCUT2D eigenvalue weighted by Gasteiger charge is 2.38. The number of halogens is 9. The Bertz CT molecular complexity index is 1890. The number of alkyl halides is 7. The number of nitrogens with one attached hydrogen (secondary N) is 1. The fourth-order valence-corrected chi connectivity index (χ4v) is 6.46. The molecule has 1 fully saturated rings. The molecule has 1 aromatic heterocycles. The van der Waals surface area contributed by atoms with Crippen molar-refractivity contribution in [3.05, 3.63) is 91.4 Å². The number of carboxylic acids is 1. The van der Waals surface area contributed by atoms with Crippen LogP contribution in [0.25, 0.3) is 11.1 Å². The van der Waals surface area contributed by atoms with E-state index in [-0.39, 0.29) is 46.8 Å². The lowest BCUT2D eigenvalue weighted by molar-refractivity contribution is -0.139. The minimum absolute atomic E-state index is 0.0427. The number of pyridine rings is 1. The molecule has 1 saturated heterocycles. The van der Waals surface area contributed by atoms with Crippen LogP contribution in [0.3, 0.4) is 0 Å². The van der Waals surface area contributed by atoms with Crippen LogP contribution in [-0.4, -0.2) is 51.8 Å². The van der Waals surface area contributed by atoms with Gasteiger partial charge in [0.05, 0.1) is 23.6 Å². The Labute approximate surface area is 293 Å². The molecule has 1 aliphatic heterocycles. The smallest absolute Gasteiger partial charge is 0.416 e. The van der Waals surface area contributed by atoms with Gasteiger partial charge >= 0.3 is 18.3 Å². The molecule has 2 N–H and O–H groups in total. The summed E-state index contributed by atoms with van der Waals surface area (Å²) in [6, 6.07) is -1.11. The molecule has 52 heavy (non-hydrogen) atoms. The van der Waals surface area contributed by atoms with Crippen LogP contribution >= 0.6 is 0 Å². The highest BCUT2D eigenvalue weighted by molar-refractivity contribution is 5.82. The van der Waals surface area contributed by atoms with E-state index in [1.165, 1.54) is 20.8 Å². The predicted molar refractivity (Wildman–Crippen MR) is 173 cm³/mol.